The van der Waals surface area contributed by atoms with Gasteiger partial charge < -0.3 is 19.5 Å². The Balaban J connectivity index is 1.39. The number of rotatable bonds is 8. The van der Waals surface area contributed by atoms with Crippen molar-refractivity contribution in [1.29, 1.82) is 0 Å². The second-order valence-electron chi connectivity index (χ2n) is 9.00. The lowest BCUT2D eigenvalue weighted by Crippen LogP contribution is -2.53. The zero-order chi connectivity index (χ0) is 25.1. The van der Waals surface area contributed by atoms with Gasteiger partial charge in [0.15, 0.2) is 0 Å². The Morgan fingerprint density at radius 1 is 1.34 bits per heavy atom. The maximum Gasteiger partial charge on any atom is 0.417 e. The molecule has 2 aliphatic rings. The lowest BCUT2D eigenvalue weighted by molar-refractivity contribution is -0.130. The number of nitrogens with one attached hydrogen (secondary N) is 1. The van der Waals surface area contributed by atoms with Gasteiger partial charge in [-0.3, -0.25) is 9.69 Å². The van der Waals surface area contributed by atoms with Gasteiger partial charge in [-0.1, -0.05) is 13.5 Å². The number of anilines is 2. The van der Waals surface area contributed by atoms with Gasteiger partial charge >= 0.3 is 6.09 Å². The number of nitrogens with zero attached hydrogens (tertiary/aromatic N) is 8. The molecule has 0 aliphatic carbocycles. The van der Waals surface area contributed by atoms with Gasteiger partial charge in [0.05, 0.1) is 30.8 Å². The van der Waals surface area contributed by atoms with E-state index in [1.807, 2.05) is 29.5 Å². The molecule has 0 saturated carbocycles. The standard InChI is InChI=1S/C23H33N9O3/c1-6-18-12-35-23(34)32(18)22-27-17(5)26-21(28-22)25-16(4)19-11-30(13-24-19)14-29-8-9-31(15(3)10-29)20(33)7-2/h7,11,13,15-16,18H,2,6,8-10,12,14H2,1,3-5H3,(H,25,26,27,28)/t15?,16-,18-/m0/s1. The first-order valence-corrected chi connectivity index (χ1v) is 11.9. The van der Waals surface area contributed by atoms with Gasteiger partial charge in [-0.05, 0) is 33.3 Å². The van der Waals surface area contributed by atoms with E-state index in [2.05, 4.69) is 43.7 Å². The van der Waals surface area contributed by atoms with Crippen molar-refractivity contribution in [2.75, 3.05) is 36.5 Å². The van der Waals surface area contributed by atoms with Crippen LogP contribution in [0.1, 0.15) is 44.8 Å². The molecule has 0 radical (unpaired) electrons. The Hall–Kier alpha value is -3.54. The highest BCUT2D eigenvalue weighted by molar-refractivity contribution is 5.88. The Morgan fingerprint density at radius 3 is 2.86 bits per heavy atom. The highest BCUT2D eigenvalue weighted by Gasteiger charge is 2.35. The van der Waals surface area contributed by atoms with Crippen molar-refractivity contribution in [1.82, 2.24) is 34.3 Å². The van der Waals surface area contributed by atoms with Gasteiger partial charge in [0.25, 0.3) is 0 Å². The maximum atomic E-state index is 12.2. The minimum Gasteiger partial charge on any atom is -0.447 e. The molecule has 2 aromatic rings. The monoisotopic (exact) mass is 483 g/mol. The summed E-state index contributed by atoms with van der Waals surface area (Å²) in [5, 5.41) is 3.28. The van der Waals surface area contributed by atoms with Crippen LogP contribution in [0.25, 0.3) is 0 Å². The second-order valence-corrected chi connectivity index (χ2v) is 9.00. The van der Waals surface area contributed by atoms with Crippen LogP contribution in [0.5, 0.6) is 0 Å². The van der Waals surface area contributed by atoms with Crippen LogP contribution in [-0.2, 0) is 16.2 Å². The summed E-state index contributed by atoms with van der Waals surface area (Å²) in [6, 6.07) is -0.136. The molecule has 2 fully saturated rings. The number of imidazole rings is 1. The maximum absolute atomic E-state index is 12.2. The largest absolute Gasteiger partial charge is 0.447 e. The van der Waals surface area contributed by atoms with Gasteiger partial charge in [0, 0.05) is 31.9 Å². The van der Waals surface area contributed by atoms with Crippen LogP contribution >= 0.6 is 0 Å². The Bertz CT molecular complexity index is 1090. The average molecular weight is 484 g/mol. The summed E-state index contributed by atoms with van der Waals surface area (Å²) in [4.78, 5) is 47.6. The fourth-order valence-corrected chi connectivity index (χ4v) is 4.43. The Morgan fingerprint density at radius 2 is 2.14 bits per heavy atom. The molecule has 4 heterocycles. The predicted molar refractivity (Wildman–Crippen MR) is 130 cm³/mol. The summed E-state index contributed by atoms with van der Waals surface area (Å²) in [6.07, 6.45) is 5.47. The lowest BCUT2D eigenvalue weighted by atomic mass is 10.2. The summed E-state index contributed by atoms with van der Waals surface area (Å²) in [7, 11) is 0. The quantitative estimate of drug-likeness (QED) is 0.562. The van der Waals surface area contributed by atoms with Gasteiger partial charge in [-0.2, -0.15) is 15.0 Å². The first-order chi connectivity index (χ1) is 16.8. The van der Waals surface area contributed by atoms with E-state index in [1.165, 1.54) is 11.0 Å². The molecular formula is C23H33N9O3. The highest BCUT2D eigenvalue weighted by Crippen LogP contribution is 2.23. The van der Waals surface area contributed by atoms with E-state index in [9.17, 15) is 9.59 Å². The smallest absolute Gasteiger partial charge is 0.417 e. The summed E-state index contributed by atoms with van der Waals surface area (Å²) in [5.41, 5.74) is 0.838. The Kier molecular flexibility index (Phi) is 7.29. The van der Waals surface area contributed by atoms with Crippen molar-refractivity contribution in [2.24, 2.45) is 0 Å². The Labute approximate surface area is 205 Å². The van der Waals surface area contributed by atoms with E-state index in [-0.39, 0.29) is 30.0 Å². The third kappa shape index (κ3) is 5.42. The molecule has 12 nitrogen and oxygen atoms in total. The van der Waals surface area contributed by atoms with Gasteiger partial charge in [0.1, 0.15) is 12.4 Å². The van der Waals surface area contributed by atoms with Crippen LogP contribution in [0.15, 0.2) is 25.2 Å². The van der Waals surface area contributed by atoms with Gasteiger partial charge in [-0.25, -0.2) is 14.7 Å². The molecule has 0 spiro atoms. The number of carbonyl (C=O) groups excluding carboxylic acids is 2. The fraction of sp³-hybridized carbons (Fsp3) is 0.565. The first-order valence-electron chi connectivity index (χ1n) is 11.9. The topological polar surface area (TPSA) is 122 Å². The van der Waals surface area contributed by atoms with Crippen molar-refractivity contribution in [3.8, 4) is 0 Å². The van der Waals surface area contributed by atoms with Crippen LogP contribution in [0.3, 0.4) is 0 Å². The van der Waals surface area contributed by atoms with E-state index < -0.39 is 6.09 Å². The summed E-state index contributed by atoms with van der Waals surface area (Å²) >= 11 is 0. The predicted octanol–water partition coefficient (Wildman–Crippen LogP) is 1.96. The molecular weight excluding hydrogens is 450 g/mol. The summed E-state index contributed by atoms with van der Waals surface area (Å²) < 4.78 is 7.20. The van der Waals surface area contributed by atoms with Gasteiger partial charge in [-0.15, -0.1) is 0 Å². The zero-order valence-electron chi connectivity index (χ0n) is 20.7. The number of piperazine rings is 1. The number of aryl methyl sites for hydroxylation is 1. The lowest BCUT2D eigenvalue weighted by Gasteiger charge is -2.39. The minimum atomic E-state index is -0.441. The third-order valence-corrected chi connectivity index (χ3v) is 6.36. The van der Waals surface area contributed by atoms with E-state index in [0.29, 0.717) is 31.6 Å². The number of ether oxygens (including phenoxy) is 1. The molecule has 1 unspecified atom stereocenters. The molecule has 35 heavy (non-hydrogen) atoms. The number of hydrogen-bond donors (Lipinski definition) is 1. The third-order valence-electron chi connectivity index (χ3n) is 6.36. The minimum absolute atomic E-state index is 0.0227. The van der Waals surface area contributed by atoms with Crippen molar-refractivity contribution < 1.29 is 14.3 Å². The molecule has 2 saturated heterocycles. The molecule has 2 aliphatic heterocycles. The van der Waals surface area contributed by atoms with Crippen LogP contribution in [-0.4, -0.2) is 84.6 Å². The fourth-order valence-electron chi connectivity index (χ4n) is 4.43. The summed E-state index contributed by atoms with van der Waals surface area (Å²) in [5.74, 6) is 1.15. The molecule has 3 atom stereocenters. The van der Waals surface area contributed by atoms with Gasteiger partial charge in [0.2, 0.25) is 17.8 Å². The van der Waals surface area contributed by atoms with E-state index in [4.69, 9.17) is 4.74 Å². The van der Waals surface area contributed by atoms with Crippen molar-refractivity contribution >= 4 is 23.9 Å². The number of carbonyl (C=O) groups is 2. The molecule has 188 valence electrons. The SMILES string of the molecule is C=CC(=O)N1CCN(Cn2cnc([C@H](C)Nc3nc(C)nc(N4C(=O)OC[C@@H]4CC)n3)c2)CC1C. The normalized spacial score (nSPS) is 21.7. The van der Waals surface area contributed by atoms with Crippen molar-refractivity contribution in [3.63, 3.8) is 0 Å². The van der Waals surface area contributed by atoms with Crippen LogP contribution in [0, 0.1) is 6.92 Å². The van der Waals surface area contributed by atoms with E-state index in [1.54, 1.807) is 13.3 Å². The highest BCUT2D eigenvalue weighted by atomic mass is 16.6. The van der Waals surface area contributed by atoms with Crippen LogP contribution < -0.4 is 10.2 Å². The van der Waals surface area contributed by atoms with Crippen molar-refractivity contribution in [2.45, 2.75) is 58.9 Å². The molecule has 12 heteroatoms. The first kappa shape index (κ1) is 24.6. The number of hydrogen-bond acceptors (Lipinski definition) is 9. The van der Waals surface area contributed by atoms with Crippen LogP contribution in [0.4, 0.5) is 16.7 Å². The molecule has 2 aromatic heterocycles. The second kappa shape index (κ2) is 10.4. The molecule has 4 rings (SSSR count). The molecule has 0 aromatic carbocycles. The average Bonchev–Trinajstić information content (AvgIpc) is 3.44. The van der Waals surface area contributed by atoms with E-state index in [0.717, 1.165) is 25.2 Å². The van der Waals surface area contributed by atoms with E-state index >= 15 is 0 Å². The molecule has 0 bridgehead atoms. The molecule has 2 amide bonds. The molecule has 1 N–H and O–H groups in total. The van der Waals surface area contributed by atoms with Crippen LogP contribution in [0.2, 0.25) is 0 Å². The van der Waals surface area contributed by atoms with Crippen molar-refractivity contribution in [3.05, 3.63) is 36.7 Å². The number of aromatic nitrogens is 5. The number of amides is 2. The number of cyclic esters (lactones) is 1. The summed E-state index contributed by atoms with van der Waals surface area (Å²) in [6.45, 7) is 14.6. The zero-order valence-corrected chi connectivity index (χ0v) is 20.7.